The predicted molar refractivity (Wildman–Crippen MR) is 147 cm³/mol. The van der Waals surface area contributed by atoms with Gasteiger partial charge >= 0.3 is 0 Å². The largest absolute Gasteiger partial charge is 0.378 e. The molecule has 0 radical (unpaired) electrons. The zero-order chi connectivity index (χ0) is 24.7. The Labute approximate surface area is 214 Å². The predicted octanol–water partition coefficient (Wildman–Crippen LogP) is 6.74. The Balaban J connectivity index is 1.68. The van der Waals surface area contributed by atoms with Gasteiger partial charge in [-0.25, -0.2) is 5.01 Å². The minimum Gasteiger partial charge on any atom is -0.378 e. The van der Waals surface area contributed by atoms with Crippen LogP contribution in [-0.2, 0) is 4.79 Å². The molecule has 0 saturated heterocycles. The Morgan fingerprint density at radius 1 is 1.00 bits per heavy atom. The number of hydrazone groups is 1. The molecular formula is C29H27BrN4O. The molecule has 1 unspecified atom stereocenters. The van der Waals surface area contributed by atoms with Crippen LogP contribution >= 0.6 is 15.9 Å². The molecular weight excluding hydrogens is 500 g/mol. The number of pyridine rings is 1. The van der Waals surface area contributed by atoms with Crippen molar-refractivity contribution in [2.75, 3.05) is 19.0 Å². The number of fused-ring (bicyclic) bond motifs is 1. The van der Waals surface area contributed by atoms with Crippen molar-refractivity contribution in [2.24, 2.45) is 5.10 Å². The molecule has 176 valence electrons. The molecule has 0 N–H and O–H groups in total. The second-order valence-corrected chi connectivity index (χ2v) is 10.0. The number of aromatic nitrogens is 1. The highest BCUT2D eigenvalue weighted by atomic mass is 79.9. The number of carbonyl (C=O) groups is 1. The highest BCUT2D eigenvalue weighted by molar-refractivity contribution is 9.10. The van der Waals surface area contributed by atoms with Gasteiger partial charge in [-0.15, -0.1) is 0 Å². The maximum absolute atomic E-state index is 12.7. The third-order valence-corrected chi connectivity index (χ3v) is 7.00. The van der Waals surface area contributed by atoms with Gasteiger partial charge < -0.3 is 4.90 Å². The zero-order valence-corrected chi connectivity index (χ0v) is 21.9. The Hall–Kier alpha value is -3.51. The number of benzene rings is 3. The summed E-state index contributed by atoms with van der Waals surface area (Å²) in [4.78, 5) is 19.7. The Morgan fingerprint density at radius 3 is 2.37 bits per heavy atom. The van der Waals surface area contributed by atoms with Crippen LogP contribution < -0.4 is 4.90 Å². The molecule has 6 heteroatoms. The van der Waals surface area contributed by atoms with E-state index < -0.39 is 0 Å². The maximum atomic E-state index is 12.7. The van der Waals surface area contributed by atoms with Crippen LogP contribution in [0.15, 0.2) is 82.4 Å². The normalized spacial score (nSPS) is 15.4. The molecule has 35 heavy (non-hydrogen) atoms. The standard InChI is InChI=1S/C29H27BrN4O/c1-18-28(29(21-8-6-5-7-9-21)24-16-22(30)12-15-25(24)31-18)26-17-27(34(32-26)19(2)35)20-10-13-23(14-11-20)33(3)4/h5-16,27H,17H2,1-4H3. The van der Waals surface area contributed by atoms with Gasteiger partial charge in [-0.2, -0.15) is 5.10 Å². The molecule has 0 bridgehead atoms. The number of hydrogen-bond donors (Lipinski definition) is 0. The quantitative estimate of drug-likeness (QED) is 0.296. The van der Waals surface area contributed by atoms with Gasteiger partial charge in [0.05, 0.1) is 17.3 Å². The molecule has 1 aromatic heterocycles. The van der Waals surface area contributed by atoms with Crippen LogP contribution in [0.3, 0.4) is 0 Å². The van der Waals surface area contributed by atoms with E-state index in [2.05, 4.69) is 63.3 Å². The van der Waals surface area contributed by atoms with Crippen LogP contribution in [0.5, 0.6) is 0 Å². The van der Waals surface area contributed by atoms with Gasteiger partial charge in [0.2, 0.25) is 5.91 Å². The fourth-order valence-electron chi connectivity index (χ4n) is 4.82. The van der Waals surface area contributed by atoms with Crippen molar-refractivity contribution < 1.29 is 4.79 Å². The second kappa shape index (κ2) is 9.27. The van der Waals surface area contributed by atoms with E-state index >= 15 is 0 Å². The van der Waals surface area contributed by atoms with Crippen LogP contribution in [0.2, 0.25) is 0 Å². The average molecular weight is 527 g/mol. The summed E-state index contributed by atoms with van der Waals surface area (Å²) in [6.45, 7) is 3.61. The number of carbonyl (C=O) groups excluding carboxylic acids is 1. The molecule has 0 spiro atoms. The molecule has 4 aromatic rings. The van der Waals surface area contributed by atoms with Gasteiger partial charge in [0, 0.05) is 59.8 Å². The number of nitrogens with zero attached hydrogens (tertiary/aromatic N) is 4. The second-order valence-electron chi connectivity index (χ2n) is 9.09. The molecule has 0 fully saturated rings. The lowest BCUT2D eigenvalue weighted by atomic mass is 9.89. The summed E-state index contributed by atoms with van der Waals surface area (Å²) in [5.41, 5.74) is 8.12. The number of rotatable bonds is 4. The van der Waals surface area contributed by atoms with E-state index in [9.17, 15) is 4.79 Å². The Kier molecular flexibility index (Phi) is 6.15. The number of halogens is 1. The fraction of sp³-hybridized carbons (Fsp3) is 0.207. The van der Waals surface area contributed by atoms with E-state index in [1.165, 1.54) is 0 Å². The zero-order valence-electron chi connectivity index (χ0n) is 20.3. The number of anilines is 1. The van der Waals surface area contributed by atoms with E-state index in [1.807, 2.05) is 51.4 Å². The van der Waals surface area contributed by atoms with E-state index in [0.717, 1.165) is 54.7 Å². The van der Waals surface area contributed by atoms with Crippen LogP contribution in [0, 0.1) is 6.92 Å². The Morgan fingerprint density at radius 2 is 1.71 bits per heavy atom. The van der Waals surface area contributed by atoms with E-state index in [1.54, 1.807) is 11.9 Å². The van der Waals surface area contributed by atoms with Crippen molar-refractivity contribution in [3.05, 3.63) is 94.1 Å². The lowest BCUT2D eigenvalue weighted by molar-refractivity contribution is -0.130. The molecule has 2 heterocycles. The summed E-state index contributed by atoms with van der Waals surface area (Å²) in [6.07, 6.45) is 0.628. The van der Waals surface area contributed by atoms with Crippen molar-refractivity contribution in [3.8, 4) is 11.1 Å². The van der Waals surface area contributed by atoms with Gasteiger partial charge in [-0.3, -0.25) is 9.78 Å². The van der Waals surface area contributed by atoms with Crippen molar-refractivity contribution in [1.29, 1.82) is 0 Å². The summed E-state index contributed by atoms with van der Waals surface area (Å²) in [6, 6.07) is 24.7. The van der Waals surface area contributed by atoms with Crippen LogP contribution in [0.4, 0.5) is 5.69 Å². The first-order valence-corrected chi connectivity index (χ1v) is 12.4. The van der Waals surface area contributed by atoms with Gasteiger partial charge in [-0.05, 0) is 48.4 Å². The topological polar surface area (TPSA) is 48.8 Å². The fourth-order valence-corrected chi connectivity index (χ4v) is 5.18. The summed E-state index contributed by atoms with van der Waals surface area (Å²) < 4.78 is 0.997. The first kappa shape index (κ1) is 23.2. The molecule has 1 amide bonds. The molecule has 1 aliphatic heterocycles. The van der Waals surface area contributed by atoms with Gasteiger partial charge in [-0.1, -0.05) is 58.4 Å². The number of aryl methyl sites for hydroxylation is 1. The molecule has 5 rings (SSSR count). The monoisotopic (exact) mass is 526 g/mol. The SMILES string of the molecule is CC(=O)N1N=C(c2c(C)nc3ccc(Br)cc3c2-c2ccccc2)CC1c1ccc(N(C)C)cc1. The maximum Gasteiger partial charge on any atom is 0.240 e. The van der Waals surface area contributed by atoms with E-state index in [4.69, 9.17) is 10.1 Å². The van der Waals surface area contributed by atoms with E-state index in [-0.39, 0.29) is 11.9 Å². The van der Waals surface area contributed by atoms with Gasteiger partial charge in [0.1, 0.15) is 0 Å². The van der Waals surface area contributed by atoms with Gasteiger partial charge in [0.25, 0.3) is 0 Å². The minimum absolute atomic E-state index is 0.0721. The third kappa shape index (κ3) is 4.34. The van der Waals surface area contributed by atoms with Crippen molar-refractivity contribution in [2.45, 2.75) is 26.3 Å². The lowest BCUT2D eigenvalue weighted by Gasteiger charge is -2.21. The van der Waals surface area contributed by atoms with Gasteiger partial charge in [0.15, 0.2) is 0 Å². The third-order valence-electron chi connectivity index (χ3n) is 6.51. The Bertz CT molecular complexity index is 1450. The summed E-state index contributed by atoms with van der Waals surface area (Å²) >= 11 is 3.64. The van der Waals surface area contributed by atoms with Crippen molar-refractivity contribution in [3.63, 3.8) is 0 Å². The average Bonchev–Trinajstić information content (AvgIpc) is 3.29. The number of amides is 1. The summed E-state index contributed by atoms with van der Waals surface area (Å²) in [5, 5.41) is 7.57. The van der Waals surface area contributed by atoms with Crippen LogP contribution in [0.1, 0.15) is 36.2 Å². The van der Waals surface area contributed by atoms with Crippen molar-refractivity contribution in [1.82, 2.24) is 9.99 Å². The van der Waals surface area contributed by atoms with Crippen LogP contribution in [-0.4, -0.2) is 35.7 Å². The summed E-state index contributed by atoms with van der Waals surface area (Å²) in [7, 11) is 4.04. The van der Waals surface area contributed by atoms with E-state index in [0.29, 0.717) is 6.42 Å². The molecule has 5 nitrogen and oxygen atoms in total. The summed E-state index contributed by atoms with van der Waals surface area (Å²) in [5.74, 6) is -0.0721. The first-order chi connectivity index (χ1) is 16.8. The minimum atomic E-state index is -0.153. The van der Waals surface area contributed by atoms with Crippen molar-refractivity contribution >= 4 is 44.1 Å². The molecule has 3 aromatic carbocycles. The molecule has 1 aliphatic rings. The molecule has 1 atom stereocenters. The molecule has 0 saturated carbocycles. The van der Waals surface area contributed by atoms with Crippen LogP contribution in [0.25, 0.3) is 22.0 Å². The smallest absolute Gasteiger partial charge is 0.240 e. The number of hydrogen-bond acceptors (Lipinski definition) is 4. The highest BCUT2D eigenvalue weighted by Gasteiger charge is 2.33. The highest BCUT2D eigenvalue weighted by Crippen LogP contribution is 2.40. The molecule has 0 aliphatic carbocycles. The lowest BCUT2D eigenvalue weighted by Crippen LogP contribution is -2.24. The first-order valence-electron chi connectivity index (χ1n) is 11.6.